The monoisotopic (exact) mass is 614 g/mol. The van der Waals surface area contributed by atoms with E-state index in [4.69, 9.17) is 21.1 Å². The van der Waals surface area contributed by atoms with E-state index in [1.54, 1.807) is 62.6 Å². The molecule has 0 aliphatic rings. The van der Waals surface area contributed by atoms with E-state index in [1.165, 1.54) is 24.3 Å². The zero-order chi connectivity index (χ0) is 30.3. The summed E-state index contributed by atoms with van der Waals surface area (Å²) in [6.07, 6.45) is 0.454. The minimum Gasteiger partial charge on any atom is -0.497 e. The van der Waals surface area contributed by atoms with Gasteiger partial charge in [-0.3, -0.25) is 9.10 Å². The predicted molar refractivity (Wildman–Crippen MR) is 158 cm³/mol. The standard InChI is InChI=1S/C31H29ClF2N2O5S/c1-21(36(29-20-24(33)12-17-28(29)34)42(38,39)26-15-10-23(32)11-16-26)27-6-3-4-7-30(27)41-19-5-18-35-31(37)22-8-13-25(40-2)14-9-22/h3-4,6-17,20-21H,5,18-19H2,1-2H3,(H,35,37). The number of sulfonamides is 1. The van der Waals surface area contributed by atoms with Crippen molar-refractivity contribution in [1.29, 1.82) is 0 Å². The highest BCUT2D eigenvalue weighted by Gasteiger charge is 2.34. The van der Waals surface area contributed by atoms with Gasteiger partial charge in [0.15, 0.2) is 0 Å². The lowest BCUT2D eigenvalue weighted by Gasteiger charge is -2.32. The molecule has 4 rings (SSSR count). The van der Waals surface area contributed by atoms with Crippen LogP contribution in [-0.4, -0.2) is 34.6 Å². The molecule has 1 N–H and O–H groups in total. The molecule has 4 aromatic rings. The summed E-state index contributed by atoms with van der Waals surface area (Å²) in [5, 5.41) is 3.14. The van der Waals surface area contributed by atoms with Crippen LogP contribution in [0.3, 0.4) is 0 Å². The number of amides is 1. The molecule has 42 heavy (non-hydrogen) atoms. The van der Waals surface area contributed by atoms with Crippen molar-refractivity contribution in [3.63, 3.8) is 0 Å². The molecule has 7 nitrogen and oxygen atoms in total. The number of hydrogen-bond acceptors (Lipinski definition) is 5. The van der Waals surface area contributed by atoms with Gasteiger partial charge in [-0.15, -0.1) is 0 Å². The molecule has 0 aliphatic carbocycles. The Labute approximate surface area is 248 Å². The molecular weight excluding hydrogens is 586 g/mol. The average molecular weight is 615 g/mol. The molecule has 0 aromatic heterocycles. The predicted octanol–water partition coefficient (Wildman–Crippen LogP) is 6.78. The van der Waals surface area contributed by atoms with Gasteiger partial charge in [0.25, 0.3) is 15.9 Å². The fraction of sp³-hybridized carbons (Fsp3) is 0.194. The lowest BCUT2D eigenvalue weighted by Crippen LogP contribution is -2.34. The van der Waals surface area contributed by atoms with Crippen LogP contribution in [0.25, 0.3) is 0 Å². The number of hydrogen-bond donors (Lipinski definition) is 1. The van der Waals surface area contributed by atoms with Gasteiger partial charge in [0.05, 0.1) is 30.3 Å². The normalized spacial score (nSPS) is 11.9. The van der Waals surface area contributed by atoms with E-state index in [0.29, 0.717) is 40.6 Å². The van der Waals surface area contributed by atoms with Crippen molar-refractivity contribution in [3.8, 4) is 11.5 Å². The molecule has 0 heterocycles. The van der Waals surface area contributed by atoms with Crippen molar-refractivity contribution in [3.05, 3.63) is 119 Å². The number of halogens is 3. The Kier molecular flexibility index (Phi) is 10.0. The van der Waals surface area contributed by atoms with E-state index in [9.17, 15) is 17.6 Å². The lowest BCUT2D eigenvalue weighted by atomic mass is 10.1. The maximum atomic E-state index is 15.1. The summed E-state index contributed by atoms with van der Waals surface area (Å²) in [5.41, 5.74) is 0.469. The minimum absolute atomic E-state index is 0.145. The second-order valence-electron chi connectivity index (χ2n) is 9.25. The number of nitrogens with zero attached hydrogens (tertiary/aromatic N) is 1. The van der Waals surface area contributed by atoms with E-state index in [-0.39, 0.29) is 17.4 Å². The van der Waals surface area contributed by atoms with E-state index in [2.05, 4.69) is 5.32 Å². The number of para-hydroxylation sites is 1. The topological polar surface area (TPSA) is 84.9 Å². The molecule has 1 unspecified atom stereocenters. The van der Waals surface area contributed by atoms with Crippen molar-refractivity contribution in [2.75, 3.05) is 24.6 Å². The largest absolute Gasteiger partial charge is 0.497 e. The third-order valence-corrected chi connectivity index (χ3v) is 8.60. The van der Waals surface area contributed by atoms with E-state index in [1.807, 2.05) is 0 Å². The third kappa shape index (κ3) is 7.18. The van der Waals surface area contributed by atoms with Crippen LogP contribution in [0.5, 0.6) is 11.5 Å². The second-order valence-corrected chi connectivity index (χ2v) is 11.5. The van der Waals surface area contributed by atoms with E-state index < -0.39 is 33.4 Å². The number of benzene rings is 4. The Morgan fingerprint density at radius 3 is 2.36 bits per heavy atom. The first-order chi connectivity index (χ1) is 20.1. The Hall–Kier alpha value is -4.15. The maximum Gasteiger partial charge on any atom is 0.264 e. The number of rotatable bonds is 12. The van der Waals surface area contributed by atoms with Gasteiger partial charge in [-0.25, -0.2) is 17.2 Å². The molecule has 11 heteroatoms. The number of carbonyl (C=O) groups excluding carboxylic acids is 1. The first-order valence-corrected chi connectivity index (χ1v) is 14.8. The number of methoxy groups -OCH3 is 1. The number of nitrogens with one attached hydrogen (secondary N) is 1. The Balaban J connectivity index is 1.53. The van der Waals surface area contributed by atoms with E-state index in [0.717, 1.165) is 22.5 Å². The van der Waals surface area contributed by atoms with Gasteiger partial charge in [0, 0.05) is 28.8 Å². The van der Waals surface area contributed by atoms with Crippen molar-refractivity contribution >= 4 is 33.2 Å². The molecule has 0 spiro atoms. The van der Waals surface area contributed by atoms with Crippen LogP contribution in [0.2, 0.25) is 5.02 Å². The molecule has 4 aromatic carbocycles. The van der Waals surface area contributed by atoms with E-state index >= 15 is 4.39 Å². The van der Waals surface area contributed by atoms with Crippen LogP contribution in [0, 0.1) is 11.6 Å². The van der Waals surface area contributed by atoms with Crippen LogP contribution in [0.4, 0.5) is 14.5 Å². The molecule has 0 aliphatic heterocycles. The highest BCUT2D eigenvalue weighted by atomic mass is 35.5. The SMILES string of the molecule is COc1ccc(C(=O)NCCCOc2ccccc2C(C)N(c2cc(F)ccc2F)S(=O)(=O)c2ccc(Cl)cc2)cc1. The summed E-state index contributed by atoms with van der Waals surface area (Å²) >= 11 is 5.95. The van der Waals surface area contributed by atoms with Crippen molar-refractivity contribution in [2.24, 2.45) is 0 Å². The number of carbonyl (C=O) groups is 1. The highest BCUT2D eigenvalue weighted by Crippen LogP contribution is 2.38. The van der Waals surface area contributed by atoms with Gasteiger partial charge >= 0.3 is 0 Å². The second kappa shape index (κ2) is 13.7. The Bertz CT molecular complexity index is 1630. The summed E-state index contributed by atoms with van der Waals surface area (Å²) < 4.78 is 68.9. The molecule has 1 amide bonds. The highest BCUT2D eigenvalue weighted by molar-refractivity contribution is 7.92. The van der Waals surface area contributed by atoms with Gasteiger partial charge in [0.1, 0.15) is 23.1 Å². The summed E-state index contributed by atoms with van der Waals surface area (Å²) in [4.78, 5) is 12.2. The zero-order valence-electron chi connectivity index (χ0n) is 22.9. The number of ether oxygens (including phenoxy) is 2. The van der Waals surface area contributed by atoms with Crippen molar-refractivity contribution in [1.82, 2.24) is 5.32 Å². The smallest absolute Gasteiger partial charge is 0.264 e. The lowest BCUT2D eigenvalue weighted by molar-refractivity contribution is 0.0951. The molecule has 0 saturated heterocycles. The van der Waals surface area contributed by atoms with Crippen LogP contribution < -0.4 is 19.1 Å². The number of anilines is 1. The summed E-state index contributed by atoms with van der Waals surface area (Å²) in [6, 6.07) is 20.5. The van der Waals surface area contributed by atoms with Gasteiger partial charge in [-0.05, 0) is 80.1 Å². The Morgan fingerprint density at radius 1 is 0.976 bits per heavy atom. The molecule has 0 radical (unpaired) electrons. The molecular formula is C31H29ClF2N2O5S. The first kappa shape index (κ1) is 30.8. The van der Waals surface area contributed by atoms with Gasteiger partial charge < -0.3 is 14.8 Å². The fourth-order valence-corrected chi connectivity index (χ4v) is 6.07. The van der Waals surface area contributed by atoms with Gasteiger partial charge in [0.2, 0.25) is 0 Å². The molecule has 220 valence electrons. The van der Waals surface area contributed by atoms with Crippen LogP contribution in [-0.2, 0) is 10.0 Å². The Morgan fingerprint density at radius 2 is 1.67 bits per heavy atom. The molecule has 1 atom stereocenters. The third-order valence-electron chi connectivity index (χ3n) is 6.45. The zero-order valence-corrected chi connectivity index (χ0v) is 24.5. The van der Waals surface area contributed by atoms with Crippen LogP contribution >= 0.6 is 11.6 Å². The fourth-order valence-electron chi connectivity index (χ4n) is 4.31. The van der Waals surface area contributed by atoms with Crippen molar-refractivity contribution in [2.45, 2.75) is 24.3 Å². The molecule has 0 saturated carbocycles. The molecule has 0 bridgehead atoms. The van der Waals surface area contributed by atoms with Gasteiger partial charge in [-0.1, -0.05) is 29.8 Å². The maximum absolute atomic E-state index is 15.1. The summed E-state index contributed by atoms with van der Waals surface area (Å²) in [7, 11) is -2.84. The minimum atomic E-state index is -4.39. The van der Waals surface area contributed by atoms with Gasteiger partial charge in [-0.2, -0.15) is 0 Å². The van der Waals surface area contributed by atoms with Crippen LogP contribution in [0.1, 0.15) is 35.3 Å². The molecule has 0 fully saturated rings. The first-order valence-electron chi connectivity index (χ1n) is 13.0. The van der Waals surface area contributed by atoms with Crippen molar-refractivity contribution < 1.29 is 31.5 Å². The van der Waals surface area contributed by atoms with Crippen LogP contribution in [0.15, 0.2) is 95.9 Å². The summed E-state index contributed by atoms with van der Waals surface area (Å²) in [6.45, 7) is 2.09. The quantitative estimate of drug-likeness (QED) is 0.178. The average Bonchev–Trinajstić information content (AvgIpc) is 2.99. The summed E-state index contributed by atoms with van der Waals surface area (Å²) in [5.74, 6) is -0.943.